The molecule has 4 heterocycles. The van der Waals surface area contributed by atoms with E-state index in [4.69, 9.17) is 9.72 Å². The minimum atomic E-state index is -3.22. The Hall–Kier alpha value is -3.48. The highest BCUT2D eigenvalue weighted by Crippen LogP contribution is 2.52. The van der Waals surface area contributed by atoms with Gasteiger partial charge >= 0.3 is 0 Å². The van der Waals surface area contributed by atoms with E-state index in [2.05, 4.69) is 15.5 Å². The zero-order valence-electron chi connectivity index (χ0n) is 20.8. The molecule has 2 aliphatic heterocycles. The van der Waals surface area contributed by atoms with Gasteiger partial charge in [-0.1, -0.05) is 12.1 Å². The van der Waals surface area contributed by atoms with Crippen LogP contribution < -0.4 is 5.32 Å². The number of carbonyl (C=O) groups excluding carboxylic acids is 2. The van der Waals surface area contributed by atoms with Gasteiger partial charge in [-0.3, -0.25) is 24.0 Å². The molecule has 11 nitrogen and oxygen atoms in total. The number of ether oxygens (including phenoxy) is 1. The van der Waals surface area contributed by atoms with Crippen LogP contribution in [0.25, 0.3) is 11.0 Å². The first-order valence-electron chi connectivity index (χ1n) is 12.2. The highest BCUT2D eigenvalue weighted by Gasteiger charge is 2.37. The second-order valence-electron chi connectivity index (χ2n) is 9.34. The summed E-state index contributed by atoms with van der Waals surface area (Å²) in [4.78, 5) is 33.0. The molecule has 1 aromatic carbocycles. The third-order valence-electron chi connectivity index (χ3n) is 6.81. The van der Waals surface area contributed by atoms with Crippen LogP contribution in [0.5, 0.6) is 0 Å². The number of benzene rings is 1. The average molecular weight is 527 g/mol. The summed E-state index contributed by atoms with van der Waals surface area (Å²) in [6.45, 7) is 4.57. The van der Waals surface area contributed by atoms with Gasteiger partial charge in [0.2, 0.25) is 5.95 Å². The summed E-state index contributed by atoms with van der Waals surface area (Å²) in [5.74, 6) is -0.127. The molecule has 3 N–H and O–H groups in total. The second-order valence-corrected chi connectivity index (χ2v) is 11.5. The van der Waals surface area contributed by atoms with Crippen molar-refractivity contribution in [2.75, 3.05) is 30.8 Å². The average Bonchev–Trinajstić information content (AvgIpc) is 3.06. The smallest absolute Gasteiger partial charge is 0.273 e. The van der Waals surface area contributed by atoms with Crippen LogP contribution in [0.4, 0.5) is 5.95 Å². The highest BCUT2D eigenvalue weighted by molar-refractivity contribution is 8.28. The largest absolute Gasteiger partial charge is 0.494 e. The minimum Gasteiger partial charge on any atom is -0.494 e. The van der Waals surface area contributed by atoms with Crippen LogP contribution in [0.2, 0.25) is 0 Å². The standard InChI is InChI=1S/C25H30N6O5S/c1-16-6-5-8-20-21(16)31(25(28-20)29-23(32)18-9-10-26-27-14-18)19-7-3-4-11-30(15-19)24(33)22-17(2)36-12-13-37(22,34)35/h5-6,8-10,14,19,34-35H,3-4,7,11-13,15H2,1-2H3,(H,28,29,32). The van der Waals surface area contributed by atoms with Crippen molar-refractivity contribution in [3.63, 3.8) is 0 Å². The summed E-state index contributed by atoms with van der Waals surface area (Å²) in [7, 11) is -3.22. The molecule has 196 valence electrons. The lowest BCUT2D eigenvalue weighted by atomic mass is 10.1. The molecule has 0 saturated carbocycles. The zero-order valence-corrected chi connectivity index (χ0v) is 21.6. The van der Waals surface area contributed by atoms with Crippen LogP contribution in [-0.4, -0.2) is 71.0 Å². The Morgan fingerprint density at radius 3 is 2.76 bits per heavy atom. The van der Waals surface area contributed by atoms with E-state index in [0.29, 0.717) is 24.6 Å². The molecular weight excluding hydrogens is 496 g/mol. The predicted molar refractivity (Wildman–Crippen MR) is 140 cm³/mol. The molecule has 2 amide bonds. The number of aryl methyl sites for hydroxylation is 1. The van der Waals surface area contributed by atoms with E-state index in [1.165, 1.54) is 12.4 Å². The van der Waals surface area contributed by atoms with Gasteiger partial charge in [0.05, 0.1) is 40.8 Å². The van der Waals surface area contributed by atoms with Gasteiger partial charge in [-0.05, 0) is 50.8 Å². The number of allylic oxidation sites excluding steroid dienone is 1. The molecule has 1 saturated heterocycles. The number of rotatable bonds is 4. The van der Waals surface area contributed by atoms with E-state index in [1.807, 2.05) is 29.7 Å². The Morgan fingerprint density at radius 1 is 1.16 bits per heavy atom. The van der Waals surface area contributed by atoms with Gasteiger partial charge in [-0.15, -0.1) is 0 Å². The van der Waals surface area contributed by atoms with Crippen molar-refractivity contribution in [2.24, 2.45) is 0 Å². The number of nitrogens with one attached hydrogen (secondary N) is 1. The van der Waals surface area contributed by atoms with E-state index < -0.39 is 16.5 Å². The number of hydrogen-bond acceptors (Lipinski definition) is 8. The second kappa shape index (κ2) is 10.1. The summed E-state index contributed by atoms with van der Waals surface area (Å²) in [6.07, 6.45) is 5.22. The number of para-hydroxylation sites is 1. The molecule has 2 aliphatic rings. The van der Waals surface area contributed by atoms with Gasteiger partial charge in [0.15, 0.2) is 4.91 Å². The van der Waals surface area contributed by atoms with Gasteiger partial charge in [0.25, 0.3) is 11.8 Å². The Balaban J connectivity index is 1.52. The lowest BCUT2D eigenvalue weighted by molar-refractivity contribution is -0.127. The van der Waals surface area contributed by atoms with Gasteiger partial charge in [-0.2, -0.15) is 20.8 Å². The molecule has 1 fully saturated rings. The van der Waals surface area contributed by atoms with Crippen LogP contribution in [0.15, 0.2) is 47.3 Å². The van der Waals surface area contributed by atoms with E-state index in [0.717, 1.165) is 35.9 Å². The van der Waals surface area contributed by atoms with Crippen molar-refractivity contribution >= 4 is 39.4 Å². The third kappa shape index (κ3) is 4.91. The molecule has 2 aromatic heterocycles. The van der Waals surface area contributed by atoms with Gasteiger partial charge in [0.1, 0.15) is 12.4 Å². The topological polar surface area (TPSA) is 143 Å². The number of imidazole rings is 1. The first-order chi connectivity index (χ1) is 17.8. The summed E-state index contributed by atoms with van der Waals surface area (Å²) >= 11 is 0. The van der Waals surface area contributed by atoms with E-state index in [9.17, 15) is 18.7 Å². The molecule has 5 rings (SSSR count). The maximum atomic E-state index is 13.6. The fraction of sp³-hybridized carbons (Fsp3) is 0.400. The molecule has 0 bridgehead atoms. The number of carbonyl (C=O) groups is 2. The normalized spacial score (nSPS) is 20.8. The molecule has 0 radical (unpaired) electrons. The van der Waals surface area contributed by atoms with Crippen molar-refractivity contribution in [1.82, 2.24) is 24.6 Å². The molecule has 1 atom stereocenters. The number of likely N-dealkylation sites (tertiary alicyclic amines) is 1. The van der Waals surface area contributed by atoms with Gasteiger partial charge in [-0.25, -0.2) is 4.98 Å². The summed E-state index contributed by atoms with van der Waals surface area (Å²) < 4.78 is 28.8. The van der Waals surface area contributed by atoms with Crippen molar-refractivity contribution in [3.05, 3.63) is 58.5 Å². The quantitative estimate of drug-likeness (QED) is 0.464. The summed E-state index contributed by atoms with van der Waals surface area (Å²) in [6, 6.07) is 7.18. The molecule has 0 spiro atoms. The van der Waals surface area contributed by atoms with Crippen LogP contribution in [0.1, 0.15) is 48.1 Å². The van der Waals surface area contributed by atoms with Gasteiger partial charge < -0.3 is 14.2 Å². The summed E-state index contributed by atoms with van der Waals surface area (Å²) in [5.41, 5.74) is 2.96. The van der Waals surface area contributed by atoms with Crippen LogP contribution >= 0.6 is 10.6 Å². The molecular formula is C25H30N6O5S. The number of anilines is 1. The summed E-state index contributed by atoms with van der Waals surface area (Å²) in [5, 5.41) is 10.4. The Kier molecular flexibility index (Phi) is 6.88. The Labute approximate surface area is 215 Å². The number of aromatic nitrogens is 4. The maximum absolute atomic E-state index is 13.6. The minimum absolute atomic E-state index is 0.00801. The van der Waals surface area contributed by atoms with E-state index in [1.54, 1.807) is 17.9 Å². The number of hydrogen-bond donors (Lipinski definition) is 3. The molecule has 0 aliphatic carbocycles. The van der Waals surface area contributed by atoms with Gasteiger partial charge in [0, 0.05) is 13.1 Å². The number of nitrogens with zero attached hydrogens (tertiary/aromatic N) is 5. The van der Waals surface area contributed by atoms with Crippen LogP contribution in [-0.2, 0) is 9.53 Å². The zero-order chi connectivity index (χ0) is 26.2. The maximum Gasteiger partial charge on any atom is 0.273 e. The molecule has 3 aromatic rings. The SMILES string of the molecule is CC1=C(C(=O)N2CCCCC(n3c(NC(=O)c4ccnnc4)nc4cccc(C)c43)C2)S(O)(O)CCO1. The van der Waals surface area contributed by atoms with E-state index >= 15 is 0 Å². The lowest BCUT2D eigenvalue weighted by Gasteiger charge is -2.40. The first kappa shape index (κ1) is 25.2. The molecule has 37 heavy (non-hydrogen) atoms. The number of amides is 2. The highest BCUT2D eigenvalue weighted by atomic mass is 32.3. The van der Waals surface area contributed by atoms with Crippen LogP contribution in [0, 0.1) is 6.92 Å². The fourth-order valence-corrected chi connectivity index (χ4v) is 6.47. The van der Waals surface area contributed by atoms with Crippen molar-refractivity contribution in [1.29, 1.82) is 0 Å². The number of fused-ring (bicyclic) bond motifs is 1. The monoisotopic (exact) mass is 526 g/mol. The molecule has 12 heteroatoms. The molecule has 1 unspecified atom stereocenters. The van der Waals surface area contributed by atoms with Crippen LogP contribution in [0.3, 0.4) is 0 Å². The van der Waals surface area contributed by atoms with Crippen molar-refractivity contribution in [3.8, 4) is 0 Å². The Morgan fingerprint density at radius 2 is 2.00 bits per heavy atom. The van der Waals surface area contributed by atoms with Crippen molar-refractivity contribution < 1.29 is 23.4 Å². The van der Waals surface area contributed by atoms with Crippen molar-refractivity contribution in [2.45, 2.75) is 39.2 Å². The Bertz CT molecular complexity index is 1370. The fourth-order valence-electron chi connectivity index (χ4n) is 5.02. The lowest BCUT2D eigenvalue weighted by Crippen LogP contribution is -2.39. The first-order valence-corrected chi connectivity index (χ1v) is 13.9. The third-order valence-corrected chi connectivity index (χ3v) is 8.66. The predicted octanol–water partition coefficient (Wildman–Crippen LogP) is 3.95. The van der Waals surface area contributed by atoms with E-state index in [-0.39, 0.29) is 35.0 Å².